The SMILES string of the molecule is CS(=O)(=O)N(CCN1CCOCC1)c1cc(C(=O)O[C@@H](Cc2c(Cl)cncc2Cl)c2ccc(OC(F)F)c(OCC3CC3)c2)ccc1OC(F)(F)F. The number of nitrogens with zero attached hydrogens (tertiary/aromatic N) is 3. The fraction of sp³-hybridized carbons (Fsp3) is 0.455. The Labute approximate surface area is 306 Å². The van der Waals surface area contributed by atoms with Gasteiger partial charge in [0.05, 0.1) is 47.4 Å². The minimum atomic E-state index is -5.20. The molecular formula is C33H34Cl2F5N3O8S. The van der Waals surface area contributed by atoms with Crippen molar-refractivity contribution in [2.75, 3.05) is 56.6 Å². The lowest BCUT2D eigenvalue weighted by Crippen LogP contribution is -2.43. The molecule has 0 spiro atoms. The monoisotopic (exact) mass is 797 g/mol. The molecule has 5 rings (SSSR count). The third kappa shape index (κ3) is 11.2. The topological polar surface area (TPSA) is 117 Å². The zero-order chi connectivity index (χ0) is 37.6. The number of hydrogen-bond acceptors (Lipinski definition) is 10. The fourth-order valence-corrected chi connectivity index (χ4v) is 6.77. The van der Waals surface area contributed by atoms with Gasteiger partial charge in [0.25, 0.3) is 0 Å². The van der Waals surface area contributed by atoms with Gasteiger partial charge in [-0.25, -0.2) is 13.2 Å². The molecule has 2 aliphatic rings. The Bertz CT molecular complexity index is 1810. The average molecular weight is 799 g/mol. The molecule has 2 heterocycles. The molecule has 0 unspecified atom stereocenters. The van der Waals surface area contributed by atoms with E-state index >= 15 is 0 Å². The van der Waals surface area contributed by atoms with E-state index in [1.54, 1.807) is 0 Å². The highest BCUT2D eigenvalue weighted by Gasteiger charge is 2.35. The first-order chi connectivity index (χ1) is 24.6. The Kier molecular flexibility index (Phi) is 12.9. The lowest BCUT2D eigenvalue weighted by Gasteiger charge is -2.31. The Balaban J connectivity index is 1.51. The number of carbonyl (C=O) groups is 1. The van der Waals surface area contributed by atoms with Gasteiger partial charge in [-0.2, -0.15) is 8.78 Å². The summed E-state index contributed by atoms with van der Waals surface area (Å²) in [4.78, 5) is 19.6. The second-order valence-corrected chi connectivity index (χ2v) is 14.8. The summed E-state index contributed by atoms with van der Waals surface area (Å²) in [5, 5.41) is 0.243. The molecule has 0 N–H and O–H groups in total. The molecule has 2 fully saturated rings. The highest BCUT2D eigenvalue weighted by atomic mass is 35.5. The maximum atomic E-state index is 13.8. The van der Waals surface area contributed by atoms with Gasteiger partial charge in [-0.3, -0.25) is 14.2 Å². The lowest BCUT2D eigenvalue weighted by atomic mass is 10.0. The molecular weight excluding hydrogens is 764 g/mol. The molecule has 1 aliphatic carbocycles. The van der Waals surface area contributed by atoms with Gasteiger partial charge in [-0.15, -0.1) is 13.2 Å². The summed E-state index contributed by atoms with van der Waals surface area (Å²) in [7, 11) is -4.22. The largest absolute Gasteiger partial charge is 0.573 e. The van der Waals surface area contributed by atoms with E-state index in [0.717, 1.165) is 41.6 Å². The number of alkyl halides is 5. The third-order valence-electron chi connectivity index (χ3n) is 8.13. The average Bonchev–Trinajstić information content (AvgIpc) is 3.90. The molecule has 1 saturated carbocycles. The van der Waals surface area contributed by atoms with Crippen LogP contribution < -0.4 is 18.5 Å². The van der Waals surface area contributed by atoms with Crippen LogP contribution in [0.2, 0.25) is 10.0 Å². The maximum Gasteiger partial charge on any atom is 0.573 e. The highest BCUT2D eigenvalue weighted by Crippen LogP contribution is 2.39. The van der Waals surface area contributed by atoms with Crippen LogP contribution in [-0.2, 0) is 25.9 Å². The number of halogens is 7. The number of rotatable bonds is 16. The highest BCUT2D eigenvalue weighted by molar-refractivity contribution is 7.92. The number of anilines is 1. The first-order valence-corrected chi connectivity index (χ1v) is 18.6. The maximum absolute atomic E-state index is 13.8. The van der Waals surface area contributed by atoms with Crippen molar-refractivity contribution >= 4 is 44.9 Å². The molecule has 0 amide bonds. The molecule has 0 radical (unpaired) electrons. The number of sulfonamides is 1. The Morgan fingerprint density at radius 1 is 1.04 bits per heavy atom. The molecule has 19 heteroatoms. The van der Waals surface area contributed by atoms with Crippen LogP contribution in [0.1, 0.15) is 40.4 Å². The molecule has 284 valence electrons. The minimum Gasteiger partial charge on any atom is -0.489 e. The van der Waals surface area contributed by atoms with Crippen molar-refractivity contribution in [3.8, 4) is 17.2 Å². The second kappa shape index (κ2) is 17.0. The number of pyridine rings is 1. The number of morpholine rings is 1. The van der Waals surface area contributed by atoms with Gasteiger partial charge >= 0.3 is 18.9 Å². The standard InChI is InChI=1S/C33H34Cl2F5N3O8S/c1-52(45,46)43(9-8-42-10-12-47-13-11-42)26-14-22(5-6-27(26)51-33(38,39)40)31(44)49-29(16-23-24(34)17-41-18-25(23)35)21-4-7-28(50-32(36)37)30(15-21)48-19-20-2-3-20/h4-7,14-15,17-18,20,29,32H,2-3,8-13,16,19H2,1H3/t29-/m0/s1. The van der Waals surface area contributed by atoms with Gasteiger partial charge in [-0.1, -0.05) is 29.3 Å². The number of esters is 1. The van der Waals surface area contributed by atoms with E-state index in [1.807, 2.05) is 4.90 Å². The summed E-state index contributed by atoms with van der Waals surface area (Å²) in [6, 6.07) is 6.69. The van der Waals surface area contributed by atoms with Crippen LogP contribution in [0.3, 0.4) is 0 Å². The normalized spacial score (nSPS) is 16.0. The molecule has 0 bridgehead atoms. The van der Waals surface area contributed by atoms with Crippen molar-refractivity contribution in [3.63, 3.8) is 0 Å². The van der Waals surface area contributed by atoms with Crippen molar-refractivity contribution in [2.45, 2.75) is 38.3 Å². The van der Waals surface area contributed by atoms with Gasteiger partial charge in [0.2, 0.25) is 10.0 Å². The van der Waals surface area contributed by atoms with Gasteiger partial charge in [0.15, 0.2) is 17.2 Å². The van der Waals surface area contributed by atoms with Crippen molar-refractivity contribution < 1.29 is 58.8 Å². The zero-order valence-corrected chi connectivity index (χ0v) is 29.9. The van der Waals surface area contributed by atoms with E-state index < -0.39 is 46.5 Å². The summed E-state index contributed by atoms with van der Waals surface area (Å²) in [6.45, 7) is -1.31. The lowest BCUT2D eigenvalue weighted by molar-refractivity contribution is -0.274. The number of ether oxygens (including phenoxy) is 5. The Morgan fingerprint density at radius 3 is 2.33 bits per heavy atom. The smallest absolute Gasteiger partial charge is 0.489 e. The van der Waals surface area contributed by atoms with E-state index in [4.69, 9.17) is 37.4 Å². The van der Waals surface area contributed by atoms with Gasteiger partial charge in [0, 0.05) is 45.0 Å². The van der Waals surface area contributed by atoms with E-state index in [2.05, 4.69) is 14.5 Å². The van der Waals surface area contributed by atoms with Crippen molar-refractivity contribution in [3.05, 3.63) is 75.5 Å². The first-order valence-electron chi connectivity index (χ1n) is 16.0. The summed E-state index contributed by atoms with van der Waals surface area (Å²) in [5.74, 6) is -2.01. The summed E-state index contributed by atoms with van der Waals surface area (Å²) >= 11 is 12.8. The minimum absolute atomic E-state index is 0.0438. The quantitative estimate of drug-likeness (QED) is 0.112. The van der Waals surface area contributed by atoms with Crippen molar-refractivity contribution in [2.24, 2.45) is 5.92 Å². The molecule has 1 atom stereocenters. The van der Waals surface area contributed by atoms with Crippen molar-refractivity contribution in [1.29, 1.82) is 0 Å². The Hall–Kier alpha value is -3.64. The van der Waals surface area contributed by atoms with Crippen LogP contribution in [0.25, 0.3) is 0 Å². The van der Waals surface area contributed by atoms with E-state index in [-0.39, 0.29) is 64.7 Å². The van der Waals surface area contributed by atoms with Crippen LogP contribution in [-0.4, -0.2) is 89.5 Å². The van der Waals surface area contributed by atoms with Crippen molar-refractivity contribution in [1.82, 2.24) is 9.88 Å². The molecule has 1 saturated heterocycles. The van der Waals surface area contributed by atoms with Crippen LogP contribution in [0.5, 0.6) is 17.2 Å². The fourth-order valence-electron chi connectivity index (χ4n) is 5.34. The predicted octanol–water partition coefficient (Wildman–Crippen LogP) is 6.92. The van der Waals surface area contributed by atoms with E-state index in [0.29, 0.717) is 31.9 Å². The molecule has 52 heavy (non-hydrogen) atoms. The number of aromatic nitrogens is 1. The third-order valence-corrected chi connectivity index (χ3v) is 9.96. The summed E-state index contributed by atoms with van der Waals surface area (Å²) in [6.07, 6.45) is -1.35. The number of hydrogen-bond donors (Lipinski definition) is 0. The van der Waals surface area contributed by atoms with Gasteiger partial charge < -0.3 is 23.7 Å². The molecule has 3 aromatic rings. The summed E-state index contributed by atoms with van der Waals surface area (Å²) in [5.41, 5.74) is -0.330. The van der Waals surface area contributed by atoms with Gasteiger partial charge in [-0.05, 0) is 60.2 Å². The number of carbonyl (C=O) groups excluding carboxylic acids is 1. The first kappa shape index (κ1) is 39.6. The van der Waals surface area contributed by atoms with E-state index in [9.17, 15) is 35.2 Å². The van der Waals surface area contributed by atoms with Gasteiger partial charge in [0.1, 0.15) is 6.10 Å². The number of benzene rings is 2. The van der Waals surface area contributed by atoms with Crippen LogP contribution in [0.15, 0.2) is 48.8 Å². The van der Waals surface area contributed by atoms with Crippen LogP contribution in [0.4, 0.5) is 27.6 Å². The molecule has 2 aromatic carbocycles. The second-order valence-electron chi connectivity index (χ2n) is 12.0. The van der Waals surface area contributed by atoms with E-state index in [1.165, 1.54) is 30.6 Å². The Morgan fingerprint density at radius 2 is 1.71 bits per heavy atom. The van der Waals surface area contributed by atoms with Crippen LogP contribution in [0, 0.1) is 5.92 Å². The van der Waals surface area contributed by atoms with Crippen LogP contribution >= 0.6 is 23.2 Å². The molecule has 11 nitrogen and oxygen atoms in total. The molecule has 1 aromatic heterocycles. The zero-order valence-electron chi connectivity index (χ0n) is 27.6. The predicted molar refractivity (Wildman–Crippen MR) is 180 cm³/mol. The molecule has 1 aliphatic heterocycles. The summed E-state index contributed by atoms with van der Waals surface area (Å²) < 4.78 is 119.